The average Bonchev–Trinajstić information content (AvgIpc) is 3.38. The Balaban J connectivity index is 1.34. The highest BCUT2D eigenvalue weighted by Gasteiger charge is 2.22. The van der Waals surface area contributed by atoms with E-state index >= 15 is 0 Å². The van der Waals surface area contributed by atoms with Crippen molar-refractivity contribution in [3.05, 3.63) is 119 Å². The summed E-state index contributed by atoms with van der Waals surface area (Å²) in [5, 5.41) is 0.582. The van der Waals surface area contributed by atoms with Crippen LogP contribution in [0.15, 0.2) is 95.4 Å². The van der Waals surface area contributed by atoms with Gasteiger partial charge >= 0.3 is 5.97 Å². The molecule has 0 saturated carbocycles. The van der Waals surface area contributed by atoms with Crippen molar-refractivity contribution in [2.24, 2.45) is 0 Å². The average molecular weight is 579 g/mol. The maximum atomic E-state index is 13.4. The Bertz CT molecular complexity index is 1800. The number of ketones is 1. The van der Waals surface area contributed by atoms with Gasteiger partial charge in [0.05, 0.1) is 26.9 Å². The Morgan fingerprint density at radius 1 is 0.767 bits per heavy atom. The lowest BCUT2D eigenvalue weighted by atomic mass is 10.1. The van der Waals surface area contributed by atoms with Crippen LogP contribution in [0.2, 0.25) is 0 Å². The first-order valence-corrected chi connectivity index (χ1v) is 13.4. The number of hydrogen-bond acceptors (Lipinski definition) is 8. The van der Waals surface area contributed by atoms with Crippen molar-refractivity contribution in [1.29, 1.82) is 0 Å². The molecule has 218 valence electrons. The molecule has 5 aromatic rings. The molecule has 43 heavy (non-hydrogen) atoms. The first-order valence-electron chi connectivity index (χ1n) is 13.4. The van der Waals surface area contributed by atoms with Gasteiger partial charge in [-0.3, -0.25) is 4.79 Å². The maximum Gasteiger partial charge on any atom is 0.347 e. The summed E-state index contributed by atoms with van der Waals surface area (Å²) in [6, 6.07) is 25.2. The number of allylic oxidation sites excluding steroid dienone is 1. The second-order valence-corrected chi connectivity index (χ2v) is 9.53. The predicted molar refractivity (Wildman–Crippen MR) is 163 cm³/mol. The zero-order valence-electron chi connectivity index (χ0n) is 24.2. The molecule has 0 N–H and O–H groups in total. The minimum Gasteiger partial charge on any atom is -0.497 e. The SMILES string of the molecule is COc1ccc(OC)c(C(=O)/C=C/c2ccc(OC(=O)c3c(C)oc4ccc(OCc5ccccc5)cc34)c(OC)c2)c1. The fourth-order valence-electron chi connectivity index (χ4n) is 4.57. The van der Waals surface area contributed by atoms with Gasteiger partial charge in [0.2, 0.25) is 0 Å². The molecule has 1 heterocycles. The van der Waals surface area contributed by atoms with Crippen molar-refractivity contribution in [2.45, 2.75) is 13.5 Å². The number of carbonyl (C=O) groups is 2. The first kappa shape index (κ1) is 29.0. The number of esters is 1. The van der Waals surface area contributed by atoms with Crippen LogP contribution in [0.4, 0.5) is 0 Å². The highest BCUT2D eigenvalue weighted by atomic mass is 16.6. The fourth-order valence-corrected chi connectivity index (χ4v) is 4.57. The van der Waals surface area contributed by atoms with Crippen molar-refractivity contribution in [1.82, 2.24) is 0 Å². The Hall–Kier alpha value is -5.50. The number of furan rings is 1. The third-order valence-electron chi connectivity index (χ3n) is 6.78. The lowest BCUT2D eigenvalue weighted by Crippen LogP contribution is -2.10. The number of carbonyl (C=O) groups excluding carboxylic acids is 2. The molecule has 0 amide bonds. The minimum atomic E-state index is -0.599. The van der Waals surface area contributed by atoms with E-state index in [4.69, 9.17) is 28.1 Å². The molecule has 1 aromatic heterocycles. The Morgan fingerprint density at radius 3 is 2.26 bits per heavy atom. The van der Waals surface area contributed by atoms with E-state index in [1.165, 1.54) is 27.4 Å². The Kier molecular flexibility index (Phi) is 8.77. The summed E-state index contributed by atoms with van der Waals surface area (Å²) >= 11 is 0. The van der Waals surface area contributed by atoms with Crippen molar-refractivity contribution >= 4 is 28.8 Å². The molecule has 8 nitrogen and oxygen atoms in total. The molecule has 5 rings (SSSR count). The lowest BCUT2D eigenvalue weighted by Gasteiger charge is -2.10. The van der Waals surface area contributed by atoms with Gasteiger partial charge in [-0.1, -0.05) is 42.5 Å². The summed E-state index contributed by atoms with van der Waals surface area (Å²) in [4.78, 5) is 26.3. The molecule has 0 aliphatic heterocycles. The molecule has 0 saturated heterocycles. The molecular formula is C35H30O8. The normalized spacial score (nSPS) is 11.0. The summed E-state index contributed by atoms with van der Waals surface area (Å²) in [7, 11) is 4.50. The number of methoxy groups -OCH3 is 3. The number of rotatable bonds is 11. The number of aryl methyl sites for hydroxylation is 1. The first-order chi connectivity index (χ1) is 20.9. The van der Waals surface area contributed by atoms with Gasteiger partial charge in [-0.25, -0.2) is 4.79 Å². The second-order valence-electron chi connectivity index (χ2n) is 9.53. The van der Waals surface area contributed by atoms with E-state index in [9.17, 15) is 9.59 Å². The molecule has 0 radical (unpaired) electrons. The van der Waals surface area contributed by atoms with Gasteiger partial charge in [-0.2, -0.15) is 0 Å². The summed E-state index contributed by atoms with van der Waals surface area (Å²) in [5.74, 6) is 1.67. The Morgan fingerprint density at radius 2 is 1.51 bits per heavy atom. The van der Waals surface area contributed by atoms with Crippen LogP contribution in [0.3, 0.4) is 0 Å². The monoisotopic (exact) mass is 578 g/mol. The van der Waals surface area contributed by atoms with E-state index < -0.39 is 5.97 Å². The second kappa shape index (κ2) is 13.0. The van der Waals surface area contributed by atoms with Crippen LogP contribution in [0, 0.1) is 6.92 Å². The van der Waals surface area contributed by atoms with Gasteiger partial charge in [0, 0.05) is 5.39 Å². The summed E-state index contributed by atoms with van der Waals surface area (Å²) in [6.07, 6.45) is 3.07. The van der Waals surface area contributed by atoms with Gasteiger partial charge in [0.1, 0.15) is 40.8 Å². The lowest BCUT2D eigenvalue weighted by molar-refractivity contribution is 0.0729. The van der Waals surface area contributed by atoms with E-state index in [1.807, 2.05) is 30.3 Å². The molecule has 8 heteroatoms. The van der Waals surface area contributed by atoms with Gasteiger partial charge in [-0.15, -0.1) is 0 Å². The molecule has 0 aliphatic carbocycles. The fraction of sp³-hybridized carbons (Fsp3) is 0.143. The third kappa shape index (κ3) is 6.54. The van der Waals surface area contributed by atoms with Crippen LogP contribution in [0.5, 0.6) is 28.7 Å². The molecular weight excluding hydrogens is 548 g/mol. The van der Waals surface area contributed by atoms with Crippen molar-refractivity contribution in [2.75, 3.05) is 21.3 Å². The summed E-state index contributed by atoms with van der Waals surface area (Å²) in [6.45, 7) is 2.10. The highest BCUT2D eigenvalue weighted by molar-refractivity contribution is 6.09. The molecule has 0 spiro atoms. The number of benzene rings is 4. The molecule has 0 atom stereocenters. The van der Waals surface area contributed by atoms with Crippen LogP contribution >= 0.6 is 0 Å². The molecule has 0 aliphatic rings. The highest BCUT2D eigenvalue weighted by Crippen LogP contribution is 2.34. The molecule has 0 bridgehead atoms. The minimum absolute atomic E-state index is 0.218. The quantitative estimate of drug-likeness (QED) is 0.0690. The number of ether oxygens (including phenoxy) is 5. The van der Waals surface area contributed by atoms with Crippen LogP contribution in [-0.4, -0.2) is 33.1 Å². The van der Waals surface area contributed by atoms with Gasteiger partial charge in [0.25, 0.3) is 0 Å². The van der Waals surface area contributed by atoms with Gasteiger partial charge < -0.3 is 28.1 Å². The number of fused-ring (bicyclic) bond motifs is 1. The van der Waals surface area contributed by atoms with E-state index in [2.05, 4.69) is 0 Å². The smallest absolute Gasteiger partial charge is 0.347 e. The standard InChI is InChI=1S/C35H30O8/c1-22-34(28-20-26(13-17-31(28)42-22)41-21-24-8-6-5-7-9-24)35(37)43-32-15-11-23(18-33(32)40-4)10-14-29(36)27-19-25(38-2)12-16-30(27)39-3/h5-20H,21H2,1-4H3/b14-10+. The summed E-state index contributed by atoms with van der Waals surface area (Å²) < 4.78 is 33.6. The molecule has 0 unspecified atom stereocenters. The third-order valence-corrected chi connectivity index (χ3v) is 6.78. The largest absolute Gasteiger partial charge is 0.497 e. The number of hydrogen-bond donors (Lipinski definition) is 0. The zero-order chi connectivity index (χ0) is 30.3. The van der Waals surface area contributed by atoms with Crippen molar-refractivity contribution < 1.29 is 37.7 Å². The summed E-state index contributed by atoms with van der Waals surface area (Å²) in [5.41, 5.74) is 2.90. The van der Waals surface area contributed by atoms with E-state index in [0.29, 0.717) is 63.0 Å². The Labute approximate surface area is 249 Å². The van der Waals surface area contributed by atoms with Crippen LogP contribution < -0.4 is 23.7 Å². The maximum absolute atomic E-state index is 13.4. The van der Waals surface area contributed by atoms with E-state index in [-0.39, 0.29) is 11.5 Å². The topological polar surface area (TPSA) is 93.4 Å². The van der Waals surface area contributed by atoms with Crippen molar-refractivity contribution in [3.63, 3.8) is 0 Å². The van der Waals surface area contributed by atoms with Gasteiger partial charge in [-0.05, 0) is 72.7 Å². The van der Waals surface area contributed by atoms with Gasteiger partial charge in [0.15, 0.2) is 17.3 Å². The van der Waals surface area contributed by atoms with E-state index in [0.717, 1.165) is 5.56 Å². The zero-order valence-corrected chi connectivity index (χ0v) is 24.2. The van der Waals surface area contributed by atoms with E-state index in [1.54, 1.807) is 67.6 Å². The van der Waals surface area contributed by atoms with Crippen LogP contribution in [0.25, 0.3) is 17.0 Å². The molecule has 4 aromatic carbocycles. The van der Waals surface area contributed by atoms with Crippen molar-refractivity contribution in [3.8, 4) is 28.7 Å². The molecule has 0 fully saturated rings. The predicted octanol–water partition coefficient (Wildman–Crippen LogP) is 7.46. The van der Waals surface area contributed by atoms with Crippen LogP contribution in [-0.2, 0) is 6.61 Å². The van der Waals surface area contributed by atoms with Crippen LogP contribution in [0.1, 0.15) is 37.6 Å².